The summed E-state index contributed by atoms with van der Waals surface area (Å²) in [6.45, 7) is 8.40. The number of rotatable bonds is 6. The van der Waals surface area contributed by atoms with E-state index in [0.717, 1.165) is 51.6 Å². The minimum absolute atomic E-state index is 0. The van der Waals surface area contributed by atoms with Gasteiger partial charge in [-0.3, -0.25) is 4.99 Å². The Labute approximate surface area is 176 Å². The van der Waals surface area contributed by atoms with Crippen LogP contribution in [0.2, 0.25) is 0 Å². The van der Waals surface area contributed by atoms with E-state index in [-0.39, 0.29) is 29.5 Å². The van der Waals surface area contributed by atoms with Crippen molar-refractivity contribution in [2.75, 3.05) is 47.4 Å². The third kappa shape index (κ3) is 6.39. The zero-order chi connectivity index (χ0) is 18.3. The zero-order valence-electron chi connectivity index (χ0n) is 16.9. The number of nitrogens with zero attached hydrogens (tertiary/aromatic N) is 3. The predicted molar refractivity (Wildman–Crippen MR) is 121 cm³/mol. The maximum absolute atomic E-state index is 5.56. The molecule has 1 aromatic rings. The Balaban J connectivity index is 0.00000338. The quantitative estimate of drug-likeness (QED) is 0.391. The Morgan fingerprint density at radius 1 is 1.15 bits per heavy atom. The molecule has 1 aliphatic heterocycles. The van der Waals surface area contributed by atoms with E-state index in [1.165, 1.54) is 11.1 Å². The van der Waals surface area contributed by atoms with Crippen LogP contribution in [-0.2, 0) is 11.3 Å². The number of aliphatic imine (C=N–C) groups is 1. The van der Waals surface area contributed by atoms with Crippen LogP contribution in [-0.4, -0.2) is 68.7 Å². The molecular formula is C20H35IN4O. The van der Waals surface area contributed by atoms with E-state index >= 15 is 0 Å². The van der Waals surface area contributed by atoms with Crippen molar-refractivity contribution in [3.05, 3.63) is 35.4 Å². The van der Waals surface area contributed by atoms with Gasteiger partial charge in [-0.2, -0.15) is 0 Å². The van der Waals surface area contributed by atoms with Gasteiger partial charge >= 0.3 is 0 Å². The molecule has 0 saturated carbocycles. The van der Waals surface area contributed by atoms with Crippen LogP contribution in [0.3, 0.4) is 0 Å². The molecular weight excluding hydrogens is 439 g/mol. The van der Waals surface area contributed by atoms with E-state index in [2.05, 4.69) is 74.4 Å². The standard InChI is InChI=1S/C20H34N4O.HI/c1-6-21-19(24(5)15-18-9-7-17(2)8-10-18)22-16-20(23(3)4)11-13-25-14-12-20;/h7-10H,6,11-16H2,1-5H3,(H,21,22);1H. The third-order valence-electron chi connectivity index (χ3n) is 5.13. The topological polar surface area (TPSA) is 40.1 Å². The van der Waals surface area contributed by atoms with Gasteiger partial charge in [0.1, 0.15) is 0 Å². The number of halogens is 1. The van der Waals surface area contributed by atoms with Gasteiger partial charge in [0.2, 0.25) is 0 Å². The van der Waals surface area contributed by atoms with Crippen molar-refractivity contribution in [1.29, 1.82) is 0 Å². The average Bonchev–Trinajstić information content (AvgIpc) is 2.61. The third-order valence-corrected chi connectivity index (χ3v) is 5.13. The second-order valence-electron chi connectivity index (χ2n) is 7.24. The molecule has 1 heterocycles. The van der Waals surface area contributed by atoms with E-state index in [0.29, 0.717) is 0 Å². The van der Waals surface area contributed by atoms with Gasteiger partial charge in [0.25, 0.3) is 0 Å². The van der Waals surface area contributed by atoms with Crippen LogP contribution in [0.1, 0.15) is 30.9 Å². The average molecular weight is 474 g/mol. The Morgan fingerprint density at radius 3 is 2.31 bits per heavy atom. The molecule has 0 spiro atoms. The summed E-state index contributed by atoms with van der Waals surface area (Å²) in [5, 5.41) is 3.44. The molecule has 148 valence electrons. The maximum atomic E-state index is 5.56. The lowest BCUT2D eigenvalue weighted by Crippen LogP contribution is -2.51. The fourth-order valence-corrected chi connectivity index (χ4v) is 3.23. The molecule has 1 N–H and O–H groups in total. The van der Waals surface area contributed by atoms with Crippen LogP contribution in [0.25, 0.3) is 0 Å². The second-order valence-corrected chi connectivity index (χ2v) is 7.24. The molecule has 0 aromatic heterocycles. The van der Waals surface area contributed by atoms with Crippen molar-refractivity contribution < 1.29 is 4.74 Å². The van der Waals surface area contributed by atoms with Crippen LogP contribution in [0, 0.1) is 6.92 Å². The van der Waals surface area contributed by atoms with E-state index < -0.39 is 0 Å². The highest BCUT2D eigenvalue weighted by atomic mass is 127. The van der Waals surface area contributed by atoms with Crippen LogP contribution in [0.15, 0.2) is 29.3 Å². The summed E-state index contributed by atoms with van der Waals surface area (Å²) in [7, 11) is 6.42. The van der Waals surface area contributed by atoms with Crippen molar-refractivity contribution in [2.45, 2.75) is 38.8 Å². The molecule has 0 radical (unpaired) electrons. The highest BCUT2D eigenvalue weighted by molar-refractivity contribution is 14.0. The predicted octanol–water partition coefficient (Wildman–Crippen LogP) is 3.12. The maximum Gasteiger partial charge on any atom is 0.194 e. The summed E-state index contributed by atoms with van der Waals surface area (Å²) in [5.74, 6) is 0.968. The highest BCUT2D eigenvalue weighted by Gasteiger charge is 2.34. The summed E-state index contributed by atoms with van der Waals surface area (Å²) in [6, 6.07) is 8.71. The first-order valence-electron chi connectivity index (χ1n) is 9.27. The first kappa shape index (κ1) is 23.2. The van der Waals surface area contributed by atoms with E-state index in [9.17, 15) is 0 Å². The Bertz CT molecular complexity index is 553. The number of benzene rings is 1. The Kier molecular flexibility index (Phi) is 9.89. The van der Waals surface area contributed by atoms with Crippen LogP contribution in [0.4, 0.5) is 0 Å². The number of aryl methyl sites for hydroxylation is 1. The van der Waals surface area contributed by atoms with Crippen molar-refractivity contribution in [3.63, 3.8) is 0 Å². The summed E-state index contributed by atoms with van der Waals surface area (Å²) in [5.41, 5.74) is 2.69. The monoisotopic (exact) mass is 474 g/mol. The number of hydrogen-bond acceptors (Lipinski definition) is 3. The molecule has 0 aliphatic carbocycles. The van der Waals surface area contributed by atoms with Crippen LogP contribution in [0.5, 0.6) is 0 Å². The van der Waals surface area contributed by atoms with E-state index in [1.807, 2.05) is 0 Å². The summed E-state index contributed by atoms with van der Waals surface area (Å²) in [6.07, 6.45) is 2.06. The fourth-order valence-electron chi connectivity index (χ4n) is 3.23. The second kappa shape index (κ2) is 11.1. The van der Waals surface area contributed by atoms with Crippen LogP contribution >= 0.6 is 24.0 Å². The zero-order valence-corrected chi connectivity index (χ0v) is 19.2. The Hall–Kier alpha value is -0.860. The lowest BCUT2D eigenvalue weighted by Gasteiger charge is -2.42. The number of ether oxygens (including phenoxy) is 1. The van der Waals surface area contributed by atoms with Crippen LogP contribution < -0.4 is 5.32 Å². The molecule has 2 rings (SSSR count). The molecule has 1 aliphatic rings. The van der Waals surface area contributed by atoms with Gasteiger partial charge in [0.05, 0.1) is 6.54 Å². The first-order valence-corrected chi connectivity index (χ1v) is 9.27. The van der Waals surface area contributed by atoms with E-state index in [4.69, 9.17) is 9.73 Å². The summed E-state index contributed by atoms with van der Waals surface area (Å²) >= 11 is 0. The molecule has 0 bridgehead atoms. The van der Waals surface area contributed by atoms with Gasteiger partial charge in [-0.15, -0.1) is 24.0 Å². The molecule has 5 nitrogen and oxygen atoms in total. The van der Waals surface area contributed by atoms with Gasteiger partial charge in [-0.25, -0.2) is 0 Å². The minimum atomic E-state index is 0. The minimum Gasteiger partial charge on any atom is -0.381 e. The van der Waals surface area contributed by atoms with Gasteiger partial charge < -0.3 is 19.9 Å². The SMILES string of the molecule is CCNC(=NCC1(N(C)C)CCOCC1)N(C)Cc1ccc(C)cc1.I. The molecule has 0 amide bonds. The largest absolute Gasteiger partial charge is 0.381 e. The first-order chi connectivity index (χ1) is 12.0. The van der Waals surface area contributed by atoms with Gasteiger partial charge in [0, 0.05) is 38.9 Å². The normalized spacial score (nSPS) is 16.9. The number of likely N-dealkylation sites (N-methyl/N-ethyl adjacent to an activating group) is 1. The van der Waals surface area contributed by atoms with Crippen molar-refractivity contribution in [3.8, 4) is 0 Å². The van der Waals surface area contributed by atoms with Crippen molar-refractivity contribution in [2.24, 2.45) is 4.99 Å². The van der Waals surface area contributed by atoms with Gasteiger partial charge in [0.15, 0.2) is 5.96 Å². The van der Waals surface area contributed by atoms with Gasteiger partial charge in [-0.1, -0.05) is 29.8 Å². The number of hydrogen-bond donors (Lipinski definition) is 1. The lowest BCUT2D eigenvalue weighted by molar-refractivity contribution is -0.00262. The molecule has 26 heavy (non-hydrogen) atoms. The lowest BCUT2D eigenvalue weighted by atomic mass is 9.89. The summed E-state index contributed by atoms with van der Waals surface area (Å²) in [4.78, 5) is 9.51. The van der Waals surface area contributed by atoms with E-state index in [1.54, 1.807) is 0 Å². The molecule has 1 fully saturated rings. The Morgan fingerprint density at radius 2 is 1.77 bits per heavy atom. The molecule has 0 unspecified atom stereocenters. The molecule has 1 saturated heterocycles. The molecule has 1 aromatic carbocycles. The smallest absolute Gasteiger partial charge is 0.194 e. The van der Waals surface area contributed by atoms with Crippen molar-refractivity contribution >= 4 is 29.9 Å². The molecule has 6 heteroatoms. The van der Waals surface area contributed by atoms with Gasteiger partial charge in [-0.05, 0) is 46.3 Å². The fraction of sp³-hybridized carbons (Fsp3) is 0.650. The highest BCUT2D eigenvalue weighted by Crippen LogP contribution is 2.26. The number of guanidine groups is 1. The molecule has 0 atom stereocenters. The van der Waals surface area contributed by atoms with Crippen molar-refractivity contribution in [1.82, 2.24) is 15.1 Å². The summed E-state index contributed by atoms with van der Waals surface area (Å²) < 4.78 is 5.56. The number of nitrogens with one attached hydrogen (secondary N) is 1.